The van der Waals surface area contributed by atoms with Crippen LogP contribution in [0.15, 0.2) is 36.5 Å². The molecule has 2 heterocycles. The van der Waals surface area contributed by atoms with Crippen LogP contribution in [0.1, 0.15) is 44.5 Å². The molecule has 0 bridgehead atoms. The molecule has 1 saturated heterocycles. The molecule has 174 valence electrons. The van der Waals surface area contributed by atoms with Crippen LogP contribution in [0.2, 0.25) is 0 Å². The highest BCUT2D eigenvalue weighted by Gasteiger charge is 2.35. The zero-order valence-corrected chi connectivity index (χ0v) is 19.0. The van der Waals surface area contributed by atoms with Crippen LogP contribution in [0.25, 0.3) is 0 Å². The maximum absolute atomic E-state index is 13.3. The zero-order valence-electron chi connectivity index (χ0n) is 19.0. The molecule has 1 unspecified atom stereocenters. The van der Waals surface area contributed by atoms with Gasteiger partial charge in [-0.1, -0.05) is 49.4 Å². The molecule has 0 aliphatic carbocycles. The SMILES string of the molecule is CC(=O)N[C@H](CC(C)C)C(=O)N1CCOCC1c1cn(C[C@H](O)Cc2ccccc2)nn1. The summed E-state index contributed by atoms with van der Waals surface area (Å²) in [5.41, 5.74) is 1.66. The Morgan fingerprint density at radius 2 is 2.03 bits per heavy atom. The minimum atomic E-state index is -0.609. The highest BCUT2D eigenvalue weighted by atomic mass is 16.5. The third kappa shape index (κ3) is 6.61. The second kappa shape index (κ2) is 11.2. The first kappa shape index (κ1) is 23.9. The Bertz CT molecular complexity index is 886. The lowest BCUT2D eigenvalue weighted by molar-refractivity contribution is -0.144. The smallest absolute Gasteiger partial charge is 0.245 e. The summed E-state index contributed by atoms with van der Waals surface area (Å²) in [6.45, 7) is 6.92. The van der Waals surface area contributed by atoms with Crippen LogP contribution in [-0.4, -0.2) is 68.7 Å². The van der Waals surface area contributed by atoms with Crippen molar-refractivity contribution >= 4 is 11.8 Å². The Balaban J connectivity index is 1.69. The van der Waals surface area contributed by atoms with Crippen LogP contribution in [0.5, 0.6) is 0 Å². The molecule has 2 aromatic rings. The topological polar surface area (TPSA) is 110 Å². The van der Waals surface area contributed by atoms with E-state index in [0.717, 1.165) is 5.56 Å². The second-order valence-electron chi connectivity index (χ2n) is 8.71. The van der Waals surface area contributed by atoms with E-state index in [-0.39, 0.29) is 23.8 Å². The summed E-state index contributed by atoms with van der Waals surface area (Å²) in [5.74, 6) is -0.115. The van der Waals surface area contributed by atoms with Crippen molar-refractivity contribution in [3.8, 4) is 0 Å². The van der Waals surface area contributed by atoms with Crippen molar-refractivity contribution in [2.24, 2.45) is 5.92 Å². The quantitative estimate of drug-likeness (QED) is 0.605. The maximum atomic E-state index is 13.3. The molecule has 0 spiro atoms. The van der Waals surface area contributed by atoms with Crippen molar-refractivity contribution in [1.29, 1.82) is 0 Å². The number of ether oxygens (including phenoxy) is 1. The number of carbonyl (C=O) groups excluding carboxylic acids is 2. The van der Waals surface area contributed by atoms with E-state index >= 15 is 0 Å². The van der Waals surface area contributed by atoms with Gasteiger partial charge in [-0.25, -0.2) is 4.68 Å². The highest BCUT2D eigenvalue weighted by Crippen LogP contribution is 2.24. The molecule has 2 N–H and O–H groups in total. The number of aliphatic hydroxyl groups is 1. The van der Waals surface area contributed by atoms with Crippen molar-refractivity contribution < 1.29 is 19.4 Å². The van der Waals surface area contributed by atoms with Crippen molar-refractivity contribution in [2.75, 3.05) is 19.8 Å². The third-order valence-electron chi connectivity index (χ3n) is 5.40. The normalized spacial score (nSPS) is 18.4. The molecule has 3 atom stereocenters. The molecule has 0 saturated carbocycles. The van der Waals surface area contributed by atoms with Crippen LogP contribution in [-0.2, 0) is 27.3 Å². The predicted octanol–water partition coefficient (Wildman–Crippen LogP) is 1.33. The number of morpholine rings is 1. The van der Waals surface area contributed by atoms with Gasteiger partial charge in [0, 0.05) is 19.9 Å². The minimum absolute atomic E-state index is 0.138. The van der Waals surface area contributed by atoms with Gasteiger partial charge >= 0.3 is 0 Å². The molecule has 0 radical (unpaired) electrons. The fourth-order valence-electron chi connectivity index (χ4n) is 3.97. The van der Waals surface area contributed by atoms with Crippen molar-refractivity contribution in [2.45, 2.75) is 58.3 Å². The number of aliphatic hydroxyl groups excluding tert-OH is 1. The first-order chi connectivity index (χ1) is 15.3. The molecule has 32 heavy (non-hydrogen) atoms. The van der Waals surface area contributed by atoms with E-state index < -0.39 is 12.1 Å². The molecule has 9 nitrogen and oxygen atoms in total. The van der Waals surface area contributed by atoms with Gasteiger partial charge in [0.15, 0.2) is 0 Å². The summed E-state index contributed by atoms with van der Waals surface area (Å²) in [6, 6.07) is 8.80. The Hall–Kier alpha value is -2.78. The van der Waals surface area contributed by atoms with Crippen molar-refractivity contribution in [3.05, 3.63) is 47.8 Å². The summed E-state index contributed by atoms with van der Waals surface area (Å²) in [7, 11) is 0. The molecule has 9 heteroatoms. The number of hydrogen-bond acceptors (Lipinski definition) is 6. The maximum Gasteiger partial charge on any atom is 0.245 e. The number of rotatable bonds is 9. The Kier molecular flexibility index (Phi) is 8.35. The van der Waals surface area contributed by atoms with Gasteiger partial charge in [-0.3, -0.25) is 9.59 Å². The van der Waals surface area contributed by atoms with Crippen LogP contribution < -0.4 is 5.32 Å². The summed E-state index contributed by atoms with van der Waals surface area (Å²) in [5, 5.41) is 21.6. The first-order valence-corrected chi connectivity index (χ1v) is 11.1. The molecule has 1 aromatic heterocycles. The van der Waals surface area contributed by atoms with Crippen LogP contribution in [0, 0.1) is 5.92 Å². The number of amides is 2. The summed E-state index contributed by atoms with van der Waals surface area (Å²) < 4.78 is 7.22. The minimum Gasteiger partial charge on any atom is -0.391 e. The van der Waals surface area contributed by atoms with Gasteiger partial charge in [0.2, 0.25) is 11.8 Å². The van der Waals surface area contributed by atoms with Crippen LogP contribution in [0.4, 0.5) is 0 Å². The second-order valence-corrected chi connectivity index (χ2v) is 8.71. The standard InChI is InChI=1S/C23H33N5O4/c1-16(2)11-20(24-17(3)29)23(31)28-9-10-32-15-22(28)21-14-27(26-25-21)13-19(30)12-18-7-5-4-6-8-18/h4-8,14,16,19-20,22,30H,9-13,15H2,1-3H3,(H,24,29)/t19-,20-,22?/m1/s1. The fourth-order valence-corrected chi connectivity index (χ4v) is 3.97. The first-order valence-electron chi connectivity index (χ1n) is 11.1. The average molecular weight is 444 g/mol. The number of benzene rings is 1. The Morgan fingerprint density at radius 3 is 2.72 bits per heavy atom. The molecular weight excluding hydrogens is 410 g/mol. The fraction of sp³-hybridized carbons (Fsp3) is 0.565. The zero-order chi connectivity index (χ0) is 23.1. The van der Waals surface area contributed by atoms with E-state index in [4.69, 9.17) is 4.74 Å². The number of nitrogens with one attached hydrogen (secondary N) is 1. The predicted molar refractivity (Wildman–Crippen MR) is 119 cm³/mol. The molecule has 3 rings (SSSR count). The number of nitrogens with zero attached hydrogens (tertiary/aromatic N) is 4. The number of carbonyl (C=O) groups is 2. The van der Waals surface area contributed by atoms with Gasteiger partial charge in [-0.05, 0) is 17.9 Å². The van der Waals surface area contributed by atoms with Gasteiger partial charge < -0.3 is 20.1 Å². The monoisotopic (exact) mass is 443 g/mol. The average Bonchev–Trinajstić information content (AvgIpc) is 3.21. The molecule has 2 amide bonds. The highest BCUT2D eigenvalue weighted by molar-refractivity contribution is 5.87. The van der Waals surface area contributed by atoms with E-state index in [1.54, 1.807) is 15.8 Å². The lowest BCUT2D eigenvalue weighted by Crippen LogP contribution is -2.53. The van der Waals surface area contributed by atoms with E-state index in [0.29, 0.717) is 44.8 Å². The molecule has 1 aromatic carbocycles. The largest absolute Gasteiger partial charge is 0.391 e. The van der Waals surface area contributed by atoms with E-state index in [9.17, 15) is 14.7 Å². The van der Waals surface area contributed by atoms with Gasteiger partial charge in [-0.15, -0.1) is 5.10 Å². The van der Waals surface area contributed by atoms with Crippen LogP contribution >= 0.6 is 0 Å². The van der Waals surface area contributed by atoms with Gasteiger partial charge in [-0.2, -0.15) is 0 Å². The molecular formula is C23H33N5O4. The molecule has 1 aliphatic heterocycles. The van der Waals surface area contributed by atoms with E-state index in [2.05, 4.69) is 15.6 Å². The van der Waals surface area contributed by atoms with Gasteiger partial charge in [0.25, 0.3) is 0 Å². The third-order valence-corrected chi connectivity index (χ3v) is 5.40. The Labute approximate surface area is 188 Å². The number of aromatic nitrogens is 3. The summed E-state index contributed by atoms with van der Waals surface area (Å²) in [4.78, 5) is 26.7. The summed E-state index contributed by atoms with van der Waals surface area (Å²) in [6.07, 6.45) is 2.22. The van der Waals surface area contributed by atoms with Crippen molar-refractivity contribution in [1.82, 2.24) is 25.2 Å². The van der Waals surface area contributed by atoms with Crippen molar-refractivity contribution in [3.63, 3.8) is 0 Å². The van der Waals surface area contributed by atoms with Crippen LogP contribution in [0.3, 0.4) is 0 Å². The Morgan fingerprint density at radius 1 is 1.28 bits per heavy atom. The molecule has 1 aliphatic rings. The van der Waals surface area contributed by atoms with Gasteiger partial charge in [0.05, 0.1) is 32.1 Å². The lowest BCUT2D eigenvalue weighted by Gasteiger charge is -2.37. The lowest BCUT2D eigenvalue weighted by atomic mass is 10.0. The van der Waals surface area contributed by atoms with E-state index in [1.165, 1.54) is 6.92 Å². The van der Waals surface area contributed by atoms with Gasteiger partial charge in [0.1, 0.15) is 17.8 Å². The summed E-state index contributed by atoms with van der Waals surface area (Å²) >= 11 is 0. The number of hydrogen-bond donors (Lipinski definition) is 2. The molecule has 1 fully saturated rings. The van der Waals surface area contributed by atoms with E-state index in [1.807, 2.05) is 44.2 Å².